The quantitative estimate of drug-likeness (QED) is 0.246. The van der Waals surface area contributed by atoms with E-state index in [1.165, 1.54) is 113 Å². The first-order chi connectivity index (χ1) is 12.7. The molecule has 0 atom stereocenters. The van der Waals surface area contributed by atoms with Gasteiger partial charge in [-0.1, -0.05) is 0 Å². The molecule has 90 valence electrons. The molecule has 0 spiro atoms. The number of rotatable bonds is 4. The Morgan fingerprint density at radius 3 is 0.422 bits per heavy atom. The van der Waals surface area contributed by atoms with Crippen LogP contribution in [-0.4, -0.2) is 1010 Å². The van der Waals surface area contributed by atoms with E-state index >= 15 is 0 Å². The third-order valence-corrected chi connectivity index (χ3v) is 198. The molecule has 56 radical (unpaired) electrons. The number of hydrogen-bond donors (Lipinski definition) is 0. The molecule has 0 aliphatic rings. The molecular formula is Mg36Sr9. The predicted molar refractivity (Wildman–Crippen MR) is 259 cm³/mol. The van der Waals surface area contributed by atoms with Crippen LogP contribution in [0, 0.1) is 0 Å². The zero-order valence-corrected chi connectivity index (χ0v) is 114. The third-order valence-electron chi connectivity index (χ3n) is 1.000. The van der Waals surface area contributed by atoms with Crippen LogP contribution >= 0.6 is 0 Å². The molecule has 0 fully saturated rings. The van der Waals surface area contributed by atoms with E-state index in [2.05, 4.69) is 133 Å². The minimum absolute atomic E-state index is 0. The van der Waals surface area contributed by atoms with Crippen LogP contribution < -0.4 is 0 Å². The maximum absolute atomic E-state index is 2.38. The van der Waals surface area contributed by atoms with Crippen molar-refractivity contribution in [1.29, 1.82) is 0 Å². The molecule has 0 aliphatic carbocycles. The Hall–Kier alpha value is 40.9. The standard InChI is InChI=1S/36Mg.9Sr. The molecule has 0 N–H and O–H groups in total. The van der Waals surface area contributed by atoms with Crippen LogP contribution in [0.5, 0.6) is 0 Å². The third kappa shape index (κ3) is 289. The van der Waals surface area contributed by atoms with Crippen LogP contribution in [0.1, 0.15) is 0 Å². The van der Waals surface area contributed by atoms with Gasteiger partial charge in [0, 0.05) is 774 Å². The molecule has 0 nitrogen and oxygen atoms in total. The van der Waals surface area contributed by atoms with E-state index in [4.69, 9.17) is 0 Å². The van der Waals surface area contributed by atoms with Crippen molar-refractivity contribution in [2.24, 2.45) is 0 Å². The van der Waals surface area contributed by atoms with Gasteiger partial charge in [-0.25, -0.2) is 0 Å². The molecule has 0 heterocycles. The van der Waals surface area contributed by atoms with Crippen molar-refractivity contribution < 1.29 is 0 Å². The van der Waals surface area contributed by atoms with Gasteiger partial charge in [0.25, 0.3) is 0 Å². The Balaban J connectivity index is -0.00000000269. The van der Waals surface area contributed by atoms with Crippen LogP contribution in [0.4, 0.5) is 0 Å². The van der Waals surface area contributed by atoms with Gasteiger partial charge in [0.05, 0.1) is 0 Å². The summed E-state index contributed by atoms with van der Waals surface area (Å²) in [5.41, 5.74) is 0. The smallest absolute Gasteiger partial charge is 0 e. The van der Waals surface area contributed by atoms with Gasteiger partial charge in [-0.3, -0.25) is 0 Å². The average Bonchev–Trinajstić information content (AvgIpc) is 2.73. The van der Waals surface area contributed by atoms with Gasteiger partial charge in [-0.2, -0.15) is 0 Å². The zero-order chi connectivity index (χ0) is 23.7. The van der Waals surface area contributed by atoms with Crippen molar-refractivity contribution in [1.82, 2.24) is 0 Å². The number of hydrogen-bond acceptors (Lipinski definition) is 0. The van der Waals surface area contributed by atoms with Crippen molar-refractivity contribution in [3.8, 4) is 0 Å². The summed E-state index contributed by atoms with van der Waals surface area (Å²) >= 11 is 38.4. The van der Waals surface area contributed by atoms with Crippen LogP contribution in [0.2, 0.25) is 0 Å². The molecule has 0 bridgehead atoms. The normalized spacial score (nSPS) is 1.11. The van der Waals surface area contributed by atoms with Crippen LogP contribution in [-0.2, 0) is 0 Å². The van der Waals surface area contributed by atoms with Gasteiger partial charge in [-0.05, 0) is 0 Å². The molecule has 0 unspecified atom stereocenters. The molecule has 0 saturated heterocycles. The Morgan fingerprint density at radius 2 is 0.422 bits per heavy atom. The molecule has 0 aromatic heterocycles. The molecule has 0 aromatic rings. The maximum Gasteiger partial charge on any atom is 0 e. The van der Waals surface area contributed by atoms with Crippen LogP contribution in [0.25, 0.3) is 0 Å². The van der Waals surface area contributed by atoms with Crippen LogP contribution in [0.15, 0.2) is 0 Å². The van der Waals surface area contributed by atoms with E-state index < -0.39 is 0 Å². The minimum atomic E-state index is 0. The predicted octanol–water partition coefficient (Wildman–Crippen LogP) is -17.1. The first-order valence-corrected chi connectivity index (χ1v) is 107. The summed E-state index contributed by atoms with van der Waals surface area (Å²) in [4.78, 5) is 0. The monoisotopic (exact) mass is 1650 g/mol. The fourth-order valence-corrected chi connectivity index (χ4v) is 210. The summed E-state index contributed by atoms with van der Waals surface area (Å²) < 4.78 is 0.877. The van der Waals surface area contributed by atoms with Gasteiger partial charge in [-0.15, -0.1) is 0 Å². The van der Waals surface area contributed by atoms with Gasteiger partial charge in [0.1, 0.15) is 0 Å². The fourth-order valence-electron chi connectivity index (χ4n) is 0.354. The summed E-state index contributed by atoms with van der Waals surface area (Å²) in [6.07, 6.45) is 0. The SMILES string of the molecule is [Mg].[Mg].[Mg].[Mg].[Mg].[Mg].[Mg].[Mg].[Mg].[Mg].[Mg].[Mg].[Mg].[Mg].[Mg].[Mg][Mg].[Mg][Mg].[Mg][Mg][Mg].[Mg][Mg][Mg].[Mg][Mg][Mg][Mg][Mg].[Mg][Sr].[Mg][Sr].[Mg][Sr].[Mg][Sr][Mg][Sr][Mg].[Sr].[Sr].[Sr].[Sr]. The van der Waals surface area contributed by atoms with Gasteiger partial charge in [0.15, 0.2) is 0 Å². The van der Waals surface area contributed by atoms with Gasteiger partial charge >= 0.3 is 236 Å². The van der Waals surface area contributed by atoms with Crippen molar-refractivity contribution in [3.63, 3.8) is 0 Å². The Kier molecular flexibility index (Phi) is 1030. The van der Waals surface area contributed by atoms with Crippen molar-refractivity contribution in [2.75, 3.05) is 0 Å². The Bertz CT molecular complexity index is 68.5. The van der Waals surface area contributed by atoms with E-state index in [1.807, 2.05) is 109 Å². The van der Waals surface area contributed by atoms with E-state index in [9.17, 15) is 0 Å². The first-order valence-electron chi connectivity index (χ1n) is 8.50. The summed E-state index contributed by atoms with van der Waals surface area (Å²) in [6.45, 7) is 0. The first kappa shape index (κ1) is 185. The minimum Gasteiger partial charge on any atom is 0 e. The van der Waals surface area contributed by atoms with E-state index in [-0.39, 0.29) is 588 Å². The summed E-state index contributed by atoms with van der Waals surface area (Å²) in [5, 5.41) is 0. The summed E-state index contributed by atoms with van der Waals surface area (Å²) in [6, 6.07) is 0. The topological polar surface area (TPSA) is 0 Å². The molecule has 0 aromatic carbocycles. The Labute approximate surface area is 964 Å². The van der Waals surface area contributed by atoms with Crippen molar-refractivity contribution in [3.05, 3.63) is 0 Å². The van der Waals surface area contributed by atoms with E-state index in [0.717, 1.165) is 14.5 Å². The summed E-state index contributed by atoms with van der Waals surface area (Å²) in [5.74, 6) is 0. The molecule has 0 saturated carbocycles. The van der Waals surface area contributed by atoms with E-state index in [0.29, 0.717) is 52.2 Å². The second-order valence-electron chi connectivity index (χ2n) is 2.83. The molecule has 0 rings (SSSR count). The second kappa shape index (κ2) is 250. The molecule has 0 amide bonds. The largest absolute Gasteiger partial charge is 0 e. The molecule has 45 heteroatoms. The Morgan fingerprint density at radius 1 is 0.333 bits per heavy atom. The zero-order valence-electron chi connectivity index (χ0n) is 31.8. The van der Waals surface area contributed by atoms with Gasteiger partial charge in [0.2, 0.25) is 0 Å². The molecule has 0 aliphatic heterocycles. The molecular weight excluding hydrogens is 1660 g/mol. The van der Waals surface area contributed by atoms with Gasteiger partial charge < -0.3 is 0 Å². The fraction of sp³-hybridized carbons (Fsp3) is 0. The second-order valence-corrected chi connectivity index (χ2v) is 123. The van der Waals surface area contributed by atoms with Crippen molar-refractivity contribution in [2.45, 2.75) is 0 Å². The van der Waals surface area contributed by atoms with Crippen molar-refractivity contribution >= 4 is 1010 Å². The average molecular weight is 1660 g/mol. The van der Waals surface area contributed by atoms with E-state index in [1.54, 1.807) is 0 Å². The summed E-state index contributed by atoms with van der Waals surface area (Å²) in [7, 11) is 0. The maximum atomic E-state index is 2.38. The molecule has 45 heavy (non-hydrogen) atoms. The van der Waals surface area contributed by atoms with Crippen LogP contribution in [0.3, 0.4) is 0 Å².